The number of nitrogens with one attached hydrogen (secondary N) is 2. The minimum atomic E-state index is -0.991. The fraction of sp³-hybridized carbons (Fsp3) is 0.263. The normalized spacial score (nSPS) is 12.8. The van der Waals surface area contributed by atoms with Crippen LogP contribution in [0.1, 0.15) is 50.6 Å². The van der Waals surface area contributed by atoms with Crippen LogP contribution in [0.3, 0.4) is 0 Å². The van der Waals surface area contributed by atoms with Crippen molar-refractivity contribution < 1.29 is 29.4 Å². The molecule has 0 radical (unpaired) electrons. The Bertz CT molecular complexity index is 1870. The van der Waals surface area contributed by atoms with Crippen molar-refractivity contribution in [3.8, 4) is 0 Å². The first-order chi connectivity index (χ1) is 23.3. The summed E-state index contributed by atoms with van der Waals surface area (Å²) in [5.74, 6) is -2.43. The molecular weight excluding hydrogens is 608 g/mol. The quantitative estimate of drug-likeness (QED) is 0.0948. The zero-order valence-corrected chi connectivity index (χ0v) is 26.5. The van der Waals surface area contributed by atoms with Gasteiger partial charge in [0.15, 0.2) is 0 Å². The van der Waals surface area contributed by atoms with E-state index in [0.29, 0.717) is 25.9 Å². The van der Waals surface area contributed by atoms with Gasteiger partial charge in [-0.3, -0.25) is 9.59 Å². The van der Waals surface area contributed by atoms with Gasteiger partial charge in [-0.25, -0.2) is 9.59 Å². The number of hydrogen-bond acceptors (Lipinski definition) is 4. The molecule has 0 spiro atoms. The van der Waals surface area contributed by atoms with Crippen LogP contribution in [-0.2, 0) is 19.2 Å². The third kappa shape index (κ3) is 6.60. The number of aliphatic carboxylic acids is 2. The van der Waals surface area contributed by atoms with Gasteiger partial charge in [-0.2, -0.15) is 0 Å². The number of rotatable bonds is 15. The van der Waals surface area contributed by atoms with E-state index in [1.807, 2.05) is 106 Å². The van der Waals surface area contributed by atoms with Gasteiger partial charge in [0.25, 0.3) is 0 Å². The topological polar surface area (TPSA) is 143 Å². The third-order valence-corrected chi connectivity index (χ3v) is 8.97. The Balaban J connectivity index is 0.954. The number of carbonyl (C=O) groups excluding carboxylic acids is 2. The smallest absolute Gasteiger partial charge is 0.326 e. The second-order valence-corrected chi connectivity index (χ2v) is 12.0. The molecule has 0 aliphatic carbocycles. The standard InChI is InChI=1S/C38H38N4O6/c43-35(21-19-33(37(45)46)41-29-15-5-1-11-25(29)26-12-2-6-16-30(26)41)39-23-9-10-24-40-36(44)22-20-34(38(47)48)42-31-17-7-3-13-27(31)28-14-4-8-18-32(28)42/h1-8,11-18,33-34H,9-10,19-24H2,(H,39,43)(H,40,44)(H,45,46)(H,47,48)/t33-,34-/m0/s1. The lowest BCUT2D eigenvalue weighted by atomic mass is 10.1. The number of unbranched alkanes of at least 4 members (excludes halogenated alkanes) is 1. The van der Waals surface area contributed by atoms with Gasteiger partial charge < -0.3 is 30.0 Å². The number of carbonyl (C=O) groups is 4. The Morgan fingerprint density at radius 3 is 1.08 bits per heavy atom. The van der Waals surface area contributed by atoms with Crippen molar-refractivity contribution in [1.82, 2.24) is 19.8 Å². The first-order valence-electron chi connectivity index (χ1n) is 16.3. The van der Waals surface area contributed by atoms with Crippen LogP contribution in [-0.4, -0.2) is 56.2 Å². The highest BCUT2D eigenvalue weighted by molar-refractivity contribution is 6.09. The van der Waals surface area contributed by atoms with Crippen molar-refractivity contribution in [2.75, 3.05) is 13.1 Å². The molecule has 0 saturated carbocycles. The van der Waals surface area contributed by atoms with E-state index in [9.17, 15) is 29.4 Å². The average molecular weight is 647 g/mol. The fourth-order valence-corrected chi connectivity index (χ4v) is 6.72. The average Bonchev–Trinajstić information content (AvgIpc) is 3.60. The van der Waals surface area contributed by atoms with Crippen LogP contribution in [0.4, 0.5) is 0 Å². The van der Waals surface area contributed by atoms with Gasteiger partial charge in [-0.15, -0.1) is 0 Å². The van der Waals surface area contributed by atoms with E-state index < -0.39 is 24.0 Å². The largest absolute Gasteiger partial charge is 0.480 e. The number of para-hydroxylation sites is 4. The number of hydrogen-bond donors (Lipinski definition) is 4. The summed E-state index contributed by atoms with van der Waals surface area (Å²) in [6, 6.07) is 28.9. The number of benzene rings is 4. The fourth-order valence-electron chi connectivity index (χ4n) is 6.72. The lowest BCUT2D eigenvalue weighted by molar-refractivity contribution is -0.142. The highest BCUT2D eigenvalue weighted by atomic mass is 16.4. The number of aromatic nitrogens is 2. The molecule has 246 valence electrons. The van der Waals surface area contributed by atoms with Gasteiger partial charge in [0.2, 0.25) is 11.8 Å². The van der Waals surface area contributed by atoms with E-state index in [-0.39, 0.29) is 37.5 Å². The lowest BCUT2D eigenvalue weighted by Crippen LogP contribution is -2.29. The molecule has 0 aliphatic heterocycles. The molecule has 0 fully saturated rings. The maximum atomic E-state index is 12.6. The Kier molecular flexibility index (Phi) is 9.70. The molecule has 4 aromatic carbocycles. The Labute approximate surface area is 276 Å². The third-order valence-electron chi connectivity index (χ3n) is 8.97. The number of fused-ring (bicyclic) bond motifs is 6. The zero-order chi connectivity index (χ0) is 33.6. The van der Waals surface area contributed by atoms with Crippen molar-refractivity contribution in [3.05, 3.63) is 97.1 Å². The van der Waals surface area contributed by atoms with Crippen LogP contribution in [0.15, 0.2) is 97.1 Å². The van der Waals surface area contributed by atoms with Gasteiger partial charge >= 0.3 is 11.9 Å². The molecule has 0 aliphatic rings. The lowest BCUT2D eigenvalue weighted by Gasteiger charge is -2.17. The zero-order valence-electron chi connectivity index (χ0n) is 26.5. The number of carboxylic acids is 2. The molecule has 4 N–H and O–H groups in total. The summed E-state index contributed by atoms with van der Waals surface area (Å²) >= 11 is 0. The second-order valence-electron chi connectivity index (χ2n) is 12.0. The van der Waals surface area contributed by atoms with Crippen LogP contribution in [0.2, 0.25) is 0 Å². The van der Waals surface area contributed by atoms with Gasteiger partial charge in [-0.05, 0) is 49.9 Å². The summed E-state index contributed by atoms with van der Waals surface area (Å²) in [5.41, 5.74) is 3.27. The molecule has 2 heterocycles. The van der Waals surface area contributed by atoms with Gasteiger partial charge in [0, 0.05) is 69.5 Å². The molecule has 0 bridgehead atoms. The van der Waals surface area contributed by atoms with Gasteiger partial charge in [-0.1, -0.05) is 72.8 Å². The maximum Gasteiger partial charge on any atom is 0.326 e. The first kappa shape index (κ1) is 32.3. The summed E-state index contributed by atoms with van der Waals surface area (Å²) in [7, 11) is 0. The van der Waals surface area contributed by atoms with Crippen molar-refractivity contribution >= 4 is 67.4 Å². The van der Waals surface area contributed by atoms with Crippen LogP contribution in [0, 0.1) is 0 Å². The summed E-state index contributed by atoms with van der Waals surface area (Å²) in [5, 5.41) is 29.8. The predicted octanol–water partition coefficient (Wildman–Crippen LogP) is 6.43. The number of amides is 2. The highest BCUT2D eigenvalue weighted by Crippen LogP contribution is 2.34. The van der Waals surface area contributed by atoms with E-state index in [4.69, 9.17) is 0 Å². The summed E-state index contributed by atoms with van der Waals surface area (Å²) in [6.07, 6.45) is 1.66. The molecule has 10 heteroatoms. The predicted molar refractivity (Wildman–Crippen MR) is 186 cm³/mol. The molecule has 0 unspecified atom stereocenters. The maximum absolute atomic E-state index is 12.6. The summed E-state index contributed by atoms with van der Waals surface area (Å²) in [6.45, 7) is 0.799. The first-order valence-corrected chi connectivity index (χ1v) is 16.3. The van der Waals surface area contributed by atoms with Gasteiger partial charge in [0.05, 0.1) is 0 Å². The van der Waals surface area contributed by atoms with E-state index >= 15 is 0 Å². The second kappa shape index (κ2) is 14.4. The summed E-state index contributed by atoms with van der Waals surface area (Å²) in [4.78, 5) is 50.0. The molecular formula is C38H38N4O6. The number of carboxylic acid groups (broad SMARTS) is 2. The molecule has 2 amide bonds. The van der Waals surface area contributed by atoms with Crippen LogP contribution >= 0.6 is 0 Å². The summed E-state index contributed by atoms with van der Waals surface area (Å²) < 4.78 is 3.62. The Morgan fingerprint density at radius 2 is 0.792 bits per heavy atom. The Morgan fingerprint density at radius 1 is 0.500 bits per heavy atom. The minimum Gasteiger partial charge on any atom is -0.480 e. The molecule has 48 heavy (non-hydrogen) atoms. The molecule has 2 aromatic heterocycles. The minimum absolute atomic E-state index is 0.0608. The van der Waals surface area contributed by atoms with E-state index in [1.54, 1.807) is 0 Å². The molecule has 6 rings (SSSR count). The van der Waals surface area contributed by atoms with Crippen LogP contribution in [0.25, 0.3) is 43.6 Å². The highest BCUT2D eigenvalue weighted by Gasteiger charge is 2.26. The van der Waals surface area contributed by atoms with Crippen LogP contribution in [0.5, 0.6) is 0 Å². The van der Waals surface area contributed by atoms with E-state index in [1.165, 1.54) is 0 Å². The molecule has 6 aromatic rings. The molecule has 2 atom stereocenters. The Hall–Kier alpha value is -5.64. The van der Waals surface area contributed by atoms with E-state index in [2.05, 4.69) is 10.6 Å². The van der Waals surface area contributed by atoms with Gasteiger partial charge in [0.1, 0.15) is 12.1 Å². The van der Waals surface area contributed by atoms with Crippen LogP contribution < -0.4 is 10.6 Å². The van der Waals surface area contributed by atoms with Crippen molar-refractivity contribution in [1.29, 1.82) is 0 Å². The van der Waals surface area contributed by atoms with Crippen molar-refractivity contribution in [3.63, 3.8) is 0 Å². The number of nitrogens with zero attached hydrogens (tertiary/aromatic N) is 2. The van der Waals surface area contributed by atoms with E-state index in [0.717, 1.165) is 43.6 Å². The monoisotopic (exact) mass is 646 g/mol. The molecule has 0 saturated heterocycles. The van der Waals surface area contributed by atoms with Crippen molar-refractivity contribution in [2.24, 2.45) is 0 Å². The van der Waals surface area contributed by atoms with Crippen molar-refractivity contribution in [2.45, 2.75) is 50.6 Å². The molecule has 10 nitrogen and oxygen atoms in total. The SMILES string of the molecule is O=C(CC[C@@H](C(=O)O)n1c2ccccc2c2ccccc21)NCCCCNC(=O)CC[C@@H](C(=O)O)n1c2ccccc2c2ccccc21.